The van der Waals surface area contributed by atoms with Crippen LogP contribution in [0.5, 0.6) is 0 Å². The molecule has 1 aromatic heterocycles. The van der Waals surface area contributed by atoms with Crippen molar-refractivity contribution in [1.82, 2.24) is 15.1 Å². The highest BCUT2D eigenvalue weighted by Gasteiger charge is 2.34. The van der Waals surface area contributed by atoms with E-state index in [1.807, 2.05) is 21.9 Å². The minimum atomic E-state index is -0.613. The van der Waals surface area contributed by atoms with Gasteiger partial charge in [-0.2, -0.15) is 4.39 Å². The molecule has 3 heterocycles. The molecule has 0 bridgehead atoms. The van der Waals surface area contributed by atoms with E-state index in [-0.39, 0.29) is 17.7 Å². The molecule has 7 nitrogen and oxygen atoms in total. The van der Waals surface area contributed by atoms with Gasteiger partial charge in [0.25, 0.3) is 0 Å². The lowest BCUT2D eigenvalue weighted by Crippen LogP contribution is -2.52. The van der Waals surface area contributed by atoms with Crippen LogP contribution in [0.4, 0.5) is 15.9 Å². The molecule has 0 aliphatic carbocycles. The number of anilines is 2. The monoisotopic (exact) mass is 453 g/mol. The molecule has 2 amide bonds. The van der Waals surface area contributed by atoms with Crippen molar-refractivity contribution < 1.29 is 14.0 Å². The summed E-state index contributed by atoms with van der Waals surface area (Å²) in [6.45, 7) is 6.88. The minimum absolute atomic E-state index is 0.0257. The van der Waals surface area contributed by atoms with Gasteiger partial charge in [-0.3, -0.25) is 9.59 Å². The number of aromatic nitrogens is 2. The average molecular weight is 454 g/mol. The summed E-state index contributed by atoms with van der Waals surface area (Å²) in [5.74, 6) is 0.705. The molecule has 1 N–H and O–H groups in total. The van der Waals surface area contributed by atoms with Gasteiger partial charge in [0.15, 0.2) is 5.82 Å². The standard InChI is InChI=1S/C25H32FN5O2/c1-3-17(4-2)25(33)30-13-11-19(12-14-30)18-5-7-21(8-6-18)27-24(32)20-15-31(16-20)23-10-9-22(26)28-29-23/h5-10,17,19-20H,3-4,11-16H2,1-2H3,(H,27,32). The van der Waals surface area contributed by atoms with Crippen LogP contribution in [-0.2, 0) is 9.59 Å². The molecule has 0 unspecified atom stereocenters. The Morgan fingerprint density at radius 2 is 1.70 bits per heavy atom. The Kier molecular flexibility index (Phi) is 7.20. The van der Waals surface area contributed by atoms with Crippen molar-refractivity contribution in [2.24, 2.45) is 11.8 Å². The second-order valence-electron chi connectivity index (χ2n) is 9.04. The maximum absolute atomic E-state index is 12.9. The van der Waals surface area contributed by atoms with E-state index >= 15 is 0 Å². The molecule has 2 fully saturated rings. The topological polar surface area (TPSA) is 78.4 Å². The van der Waals surface area contributed by atoms with E-state index in [2.05, 4.69) is 41.5 Å². The lowest BCUT2D eigenvalue weighted by Gasteiger charge is -2.38. The van der Waals surface area contributed by atoms with Gasteiger partial charge in [0, 0.05) is 37.8 Å². The van der Waals surface area contributed by atoms with Crippen molar-refractivity contribution in [3.63, 3.8) is 0 Å². The highest BCUT2D eigenvalue weighted by Crippen LogP contribution is 2.30. The SMILES string of the molecule is CCC(CC)C(=O)N1CCC(c2ccc(NC(=O)C3CN(c4ccc(F)nn4)C3)cc2)CC1. The third-order valence-electron chi connectivity index (χ3n) is 6.99. The van der Waals surface area contributed by atoms with E-state index < -0.39 is 5.95 Å². The largest absolute Gasteiger partial charge is 0.353 e. The number of hydrogen-bond acceptors (Lipinski definition) is 5. The molecule has 2 aliphatic rings. The normalized spacial score (nSPS) is 17.2. The number of halogens is 1. The number of amides is 2. The molecule has 2 saturated heterocycles. The van der Waals surface area contributed by atoms with Crippen molar-refractivity contribution in [2.45, 2.75) is 45.4 Å². The van der Waals surface area contributed by atoms with Crippen molar-refractivity contribution in [2.75, 3.05) is 36.4 Å². The quantitative estimate of drug-likeness (QED) is 0.689. The molecule has 0 spiro atoms. The smallest absolute Gasteiger partial charge is 0.233 e. The zero-order valence-corrected chi connectivity index (χ0v) is 19.3. The number of nitrogens with one attached hydrogen (secondary N) is 1. The fourth-order valence-corrected chi connectivity index (χ4v) is 4.72. The van der Waals surface area contributed by atoms with Gasteiger partial charge in [-0.1, -0.05) is 26.0 Å². The summed E-state index contributed by atoms with van der Waals surface area (Å²) in [6, 6.07) is 10.9. The Hall–Kier alpha value is -3.03. The number of likely N-dealkylation sites (tertiary alicyclic amines) is 1. The Bertz CT molecular complexity index is 948. The van der Waals surface area contributed by atoms with Crippen LogP contribution >= 0.6 is 0 Å². The van der Waals surface area contributed by atoms with E-state index in [0.717, 1.165) is 44.5 Å². The van der Waals surface area contributed by atoms with Crippen molar-refractivity contribution >= 4 is 23.3 Å². The molecule has 4 rings (SSSR count). The Morgan fingerprint density at radius 1 is 1.03 bits per heavy atom. The molecule has 0 atom stereocenters. The first-order chi connectivity index (χ1) is 16.0. The molecule has 2 aromatic rings. The number of carbonyl (C=O) groups excluding carboxylic acids is 2. The van der Waals surface area contributed by atoms with Gasteiger partial charge in [0.2, 0.25) is 17.8 Å². The summed E-state index contributed by atoms with van der Waals surface area (Å²) in [6.07, 6.45) is 3.76. The van der Waals surface area contributed by atoms with E-state index in [9.17, 15) is 14.0 Å². The third kappa shape index (κ3) is 5.31. The second kappa shape index (κ2) is 10.3. The van der Waals surface area contributed by atoms with Crippen LogP contribution in [0.2, 0.25) is 0 Å². The fraction of sp³-hybridized carbons (Fsp3) is 0.520. The van der Waals surface area contributed by atoms with Gasteiger partial charge < -0.3 is 15.1 Å². The first kappa shape index (κ1) is 23.1. The van der Waals surface area contributed by atoms with E-state index in [1.165, 1.54) is 11.6 Å². The number of nitrogens with zero attached hydrogens (tertiary/aromatic N) is 4. The maximum atomic E-state index is 12.9. The molecule has 2 aliphatic heterocycles. The summed E-state index contributed by atoms with van der Waals surface area (Å²) in [7, 11) is 0. The molecule has 8 heteroatoms. The number of carbonyl (C=O) groups is 2. The Labute approximate surface area is 194 Å². The molecule has 0 radical (unpaired) electrons. The zero-order chi connectivity index (χ0) is 23.4. The fourth-order valence-electron chi connectivity index (χ4n) is 4.72. The highest BCUT2D eigenvalue weighted by molar-refractivity contribution is 5.94. The highest BCUT2D eigenvalue weighted by atomic mass is 19.1. The molecular formula is C25H32FN5O2. The first-order valence-electron chi connectivity index (χ1n) is 11.9. The van der Waals surface area contributed by atoms with Crippen molar-refractivity contribution in [1.29, 1.82) is 0 Å². The van der Waals surface area contributed by atoms with E-state index in [0.29, 0.717) is 30.7 Å². The summed E-state index contributed by atoms with van der Waals surface area (Å²) >= 11 is 0. The molecule has 176 valence electrons. The number of rotatable bonds is 7. The number of hydrogen-bond donors (Lipinski definition) is 1. The minimum Gasteiger partial charge on any atom is -0.353 e. The van der Waals surface area contributed by atoms with E-state index in [1.54, 1.807) is 6.07 Å². The maximum Gasteiger partial charge on any atom is 0.233 e. The molecule has 33 heavy (non-hydrogen) atoms. The molecule has 0 saturated carbocycles. The average Bonchev–Trinajstić information content (AvgIpc) is 2.81. The van der Waals surface area contributed by atoms with Gasteiger partial charge in [-0.15, -0.1) is 10.2 Å². The Balaban J connectivity index is 1.24. The van der Waals surface area contributed by atoms with Crippen molar-refractivity contribution in [3.8, 4) is 0 Å². The molecule has 1 aromatic carbocycles. The first-order valence-corrected chi connectivity index (χ1v) is 11.9. The second-order valence-corrected chi connectivity index (χ2v) is 9.04. The Morgan fingerprint density at radius 3 is 2.27 bits per heavy atom. The van der Waals surface area contributed by atoms with Gasteiger partial charge in [-0.05, 0) is 61.4 Å². The van der Waals surface area contributed by atoms with Gasteiger partial charge >= 0.3 is 0 Å². The molecular weight excluding hydrogens is 421 g/mol. The van der Waals surface area contributed by atoms with Crippen LogP contribution in [0.3, 0.4) is 0 Å². The summed E-state index contributed by atoms with van der Waals surface area (Å²) in [5, 5.41) is 10.2. The van der Waals surface area contributed by atoms with Crippen LogP contribution < -0.4 is 10.2 Å². The third-order valence-corrected chi connectivity index (χ3v) is 6.99. The van der Waals surface area contributed by atoms with Crippen LogP contribution in [0.1, 0.15) is 51.0 Å². The lowest BCUT2D eigenvalue weighted by atomic mass is 9.88. The van der Waals surface area contributed by atoms with Crippen LogP contribution in [0, 0.1) is 17.8 Å². The number of benzene rings is 1. The summed E-state index contributed by atoms with van der Waals surface area (Å²) < 4.78 is 12.9. The van der Waals surface area contributed by atoms with E-state index in [4.69, 9.17) is 0 Å². The lowest BCUT2D eigenvalue weighted by molar-refractivity contribution is -0.136. The van der Waals surface area contributed by atoms with Gasteiger partial charge in [0.05, 0.1) is 5.92 Å². The van der Waals surface area contributed by atoms with Crippen LogP contribution in [-0.4, -0.2) is 53.1 Å². The van der Waals surface area contributed by atoms with Crippen LogP contribution in [0.15, 0.2) is 36.4 Å². The zero-order valence-electron chi connectivity index (χ0n) is 19.3. The summed E-state index contributed by atoms with van der Waals surface area (Å²) in [4.78, 5) is 29.1. The predicted molar refractivity (Wildman–Crippen MR) is 125 cm³/mol. The predicted octanol–water partition coefficient (Wildman–Crippen LogP) is 3.83. The number of piperidine rings is 1. The van der Waals surface area contributed by atoms with Crippen molar-refractivity contribution in [3.05, 3.63) is 47.9 Å². The summed E-state index contributed by atoms with van der Waals surface area (Å²) in [5.41, 5.74) is 2.04. The van der Waals surface area contributed by atoms with Crippen LogP contribution in [0.25, 0.3) is 0 Å². The van der Waals surface area contributed by atoms with Gasteiger partial charge in [0.1, 0.15) is 0 Å². The van der Waals surface area contributed by atoms with Gasteiger partial charge in [-0.25, -0.2) is 0 Å².